The fourth-order valence-electron chi connectivity index (χ4n) is 2.76. The van der Waals surface area contributed by atoms with E-state index < -0.39 is 0 Å². The van der Waals surface area contributed by atoms with Crippen LogP contribution >= 0.6 is 11.8 Å². The maximum absolute atomic E-state index is 11.4. The number of fused-ring (bicyclic) bond motifs is 1. The highest BCUT2D eigenvalue weighted by atomic mass is 32.2. The number of nitrogens with one attached hydrogen (secondary N) is 2. The Hall–Kier alpha value is -1.76. The topological polar surface area (TPSA) is 84.3 Å². The van der Waals surface area contributed by atoms with E-state index in [-0.39, 0.29) is 22.9 Å². The summed E-state index contributed by atoms with van der Waals surface area (Å²) in [7, 11) is 0. The minimum Gasteiger partial charge on any atom is -0.379 e. The molecule has 1 saturated heterocycles. The lowest BCUT2D eigenvalue weighted by atomic mass is 10.0. The molecule has 2 aliphatic rings. The van der Waals surface area contributed by atoms with Crippen molar-refractivity contribution < 1.29 is 9.72 Å². The Balaban J connectivity index is 1.78. The third-order valence-electron chi connectivity index (χ3n) is 3.97. The Morgan fingerprint density at radius 1 is 1.38 bits per heavy atom. The van der Waals surface area contributed by atoms with E-state index in [0.29, 0.717) is 22.9 Å². The number of carbonyl (C=O) groups is 1. The van der Waals surface area contributed by atoms with Crippen molar-refractivity contribution in [3.63, 3.8) is 0 Å². The normalized spacial score (nSPS) is 18.2. The molecular weight excluding hydrogens is 290 g/mol. The number of amides is 1. The van der Waals surface area contributed by atoms with Crippen molar-refractivity contribution in [3.8, 4) is 0 Å². The van der Waals surface area contributed by atoms with Crippen LogP contribution in [0.1, 0.15) is 18.4 Å². The second-order valence-electron chi connectivity index (χ2n) is 5.45. The molecule has 0 saturated carbocycles. The molecule has 0 atom stereocenters. The maximum atomic E-state index is 11.4. The molecule has 3 rings (SSSR count). The van der Waals surface area contributed by atoms with Gasteiger partial charge in [-0.05, 0) is 41.9 Å². The van der Waals surface area contributed by atoms with E-state index in [4.69, 9.17) is 0 Å². The number of nitro benzene ring substituents is 1. The van der Waals surface area contributed by atoms with Crippen LogP contribution in [0.25, 0.3) is 0 Å². The first-order chi connectivity index (χ1) is 10.1. The molecule has 112 valence electrons. The van der Waals surface area contributed by atoms with E-state index in [1.54, 1.807) is 6.07 Å². The molecule has 0 aliphatic carbocycles. The molecule has 2 N–H and O–H groups in total. The highest BCUT2D eigenvalue weighted by Gasteiger charge is 2.25. The third-order valence-corrected chi connectivity index (χ3v) is 5.01. The fraction of sp³-hybridized carbons (Fsp3) is 0.500. The lowest BCUT2D eigenvalue weighted by Gasteiger charge is -2.22. The third kappa shape index (κ3) is 3.12. The minimum atomic E-state index is -0.387. The number of hydrogen-bond donors (Lipinski definition) is 2. The minimum absolute atomic E-state index is 0.0513. The monoisotopic (exact) mass is 307 g/mol. The number of hydrogen-bond acceptors (Lipinski definition) is 5. The summed E-state index contributed by atoms with van der Waals surface area (Å²) in [5.41, 5.74) is 1.94. The molecule has 2 heterocycles. The smallest absolute Gasteiger partial charge is 0.292 e. The van der Waals surface area contributed by atoms with Gasteiger partial charge in [-0.3, -0.25) is 14.9 Å². The molecule has 0 aromatic heterocycles. The number of nitro groups is 1. The van der Waals surface area contributed by atoms with E-state index in [2.05, 4.69) is 10.6 Å². The molecule has 1 amide bonds. The van der Waals surface area contributed by atoms with Gasteiger partial charge in [-0.2, -0.15) is 11.8 Å². The lowest BCUT2D eigenvalue weighted by Crippen LogP contribution is -2.19. The molecule has 0 radical (unpaired) electrons. The number of benzene rings is 1. The second-order valence-corrected chi connectivity index (χ2v) is 6.67. The molecular formula is C14H17N3O3S. The Bertz CT molecular complexity index is 585. The van der Waals surface area contributed by atoms with Gasteiger partial charge in [-0.15, -0.1) is 0 Å². The van der Waals surface area contributed by atoms with Gasteiger partial charge in [0.25, 0.3) is 5.69 Å². The van der Waals surface area contributed by atoms with Crippen molar-refractivity contribution in [2.24, 2.45) is 5.92 Å². The molecule has 21 heavy (non-hydrogen) atoms. The Morgan fingerprint density at radius 2 is 2.14 bits per heavy atom. The molecule has 2 aliphatic heterocycles. The zero-order chi connectivity index (χ0) is 14.8. The number of rotatable bonds is 4. The van der Waals surface area contributed by atoms with E-state index in [1.807, 2.05) is 11.8 Å². The van der Waals surface area contributed by atoms with Gasteiger partial charge in [-0.25, -0.2) is 0 Å². The largest absolute Gasteiger partial charge is 0.379 e. The molecule has 0 spiro atoms. The number of thioether (sulfide) groups is 1. The molecule has 1 aromatic rings. The van der Waals surface area contributed by atoms with Crippen LogP contribution in [0.3, 0.4) is 0 Å². The van der Waals surface area contributed by atoms with Crippen molar-refractivity contribution in [1.29, 1.82) is 0 Å². The van der Waals surface area contributed by atoms with Crippen LogP contribution in [0.4, 0.5) is 17.1 Å². The first-order valence-corrected chi connectivity index (χ1v) is 8.22. The van der Waals surface area contributed by atoms with Gasteiger partial charge in [0, 0.05) is 18.3 Å². The molecule has 0 unspecified atom stereocenters. The van der Waals surface area contributed by atoms with Gasteiger partial charge in [-0.1, -0.05) is 0 Å². The van der Waals surface area contributed by atoms with Crippen molar-refractivity contribution in [2.45, 2.75) is 19.3 Å². The highest BCUT2D eigenvalue weighted by molar-refractivity contribution is 7.99. The summed E-state index contributed by atoms with van der Waals surface area (Å²) >= 11 is 1.96. The quantitative estimate of drug-likeness (QED) is 0.660. The lowest BCUT2D eigenvalue weighted by molar-refractivity contribution is -0.384. The Labute approximate surface area is 126 Å². The van der Waals surface area contributed by atoms with E-state index in [1.165, 1.54) is 6.07 Å². The van der Waals surface area contributed by atoms with Crippen LogP contribution < -0.4 is 10.6 Å². The number of carbonyl (C=O) groups excluding carboxylic acids is 1. The van der Waals surface area contributed by atoms with Crippen LogP contribution in [0.2, 0.25) is 0 Å². The average Bonchev–Trinajstić information content (AvgIpc) is 2.84. The predicted octanol–water partition coefficient (Wildman–Crippen LogP) is 2.64. The van der Waals surface area contributed by atoms with Gasteiger partial charge in [0.1, 0.15) is 5.69 Å². The van der Waals surface area contributed by atoms with Gasteiger partial charge in [0.15, 0.2) is 0 Å². The van der Waals surface area contributed by atoms with Crippen LogP contribution in [-0.4, -0.2) is 28.9 Å². The predicted molar refractivity (Wildman–Crippen MR) is 84.0 cm³/mol. The maximum Gasteiger partial charge on any atom is 0.292 e. The van der Waals surface area contributed by atoms with Crippen molar-refractivity contribution in [3.05, 3.63) is 27.8 Å². The number of nitrogens with zero attached hydrogens (tertiary/aromatic N) is 1. The molecule has 6 nitrogen and oxygen atoms in total. The number of anilines is 2. The Kier molecular flexibility index (Phi) is 4.01. The van der Waals surface area contributed by atoms with E-state index in [0.717, 1.165) is 30.9 Å². The van der Waals surface area contributed by atoms with Crippen molar-refractivity contribution in [1.82, 2.24) is 0 Å². The standard InChI is InChI=1S/C14H17N3O3S/c18-14-6-10-5-13(17(19)20)12(7-11(10)16-14)15-8-9-1-3-21-4-2-9/h5,7,9,15H,1-4,6,8H2,(H,16,18). The SMILES string of the molecule is O=C1Cc2cc([N+](=O)[O-])c(NCC3CCSCC3)cc2N1. The Morgan fingerprint density at radius 3 is 2.86 bits per heavy atom. The van der Waals surface area contributed by atoms with Crippen molar-refractivity contribution in [2.75, 3.05) is 28.7 Å². The van der Waals surface area contributed by atoms with Crippen LogP contribution in [0.15, 0.2) is 12.1 Å². The fourth-order valence-corrected chi connectivity index (χ4v) is 3.96. The summed E-state index contributed by atoms with van der Waals surface area (Å²) in [5, 5.41) is 17.2. The first-order valence-electron chi connectivity index (χ1n) is 7.06. The van der Waals surface area contributed by atoms with Crippen molar-refractivity contribution >= 4 is 34.7 Å². The van der Waals surface area contributed by atoms with Crippen LogP contribution in [-0.2, 0) is 11.2 Å². The first kappa shape index (κ1) is 14.2. The molecule has 1 fully saturated rings. The van der Waals surface area contributed by atoms with Crippen LogP contribution in [0, 0.1) is 16.0 Å². The summed E-state index contributed by atoms with van der Waals surface area (Å²) < 4.78 is 0. The summed E-state index contributed by atoms with van der Waals surface area (Å²) in [5.74, 6) is 2.78. The summed E-state index contributed by atoms with van der Waals surface area (Å²) in [4.78, 5) is 22.2. The molecule has 0 bridgehead atoms. The van der Waals surface area contributed by atoms with Crippen LogP contribution in [0.5, 0.6) is 0 Å². The zero-order valence-corrected chi connectivity index (χ0v) is 12.4. The second kappa shape index (κ2) is 5.93. The van der Waals surface area contributed by atoms with E-state index in [9.17, 15) is 14.9 Å². The zero-order valence-electron chi connectivity index (χ0n) is 11.6. The van der Waals surface area contributed by atoms with E-state index >= 15 is 0 Å². The van der Waals surface area contributed by atoms with Gasteiger partial charge < -0.3 is 10.6 Å². The van der Waals surface area contributed by atoms with Gasteiger partial charge in [0.05, 0.1) is 11.3 Å². The average molecular weight is 307 g/mol. The summed E-state index contributed by atoms with van der Waals surface area (Å²) in [6.45, 7) is 0.744. The van der Waals surface area contributed by atoms with Gasteiger partial charge in [0.2, 0.25) is 5.91 Å². The highest BCUT2D eigenvalue weighted by Crippen LogP contribution is 2.35. The molecule has 1 aromatic carbocycles. The van der Waals surface area contributed by atoms with Gasteiger partial charge >= 0.3 is 0 Å². The molecule has 7 heteroatoms. The summed E-state index contributed by atoms with van der Waals surface area (Å²) in [6, 6.07) is 3.20. The summed E-state index contributed by atoms with van der Waals surface area (Å²) in [6.07, 6.45) is 2.51.